The van der Waals surface area contributed by atoms with Gasteiger partial charge in [0, 0.05) is 0 Å². The Bertz CT molecular complexity index is 932. The van der Waals surface area contributed by atoms with Crippen molar-refractivity contribution in [3.05, 3.63) is 64.2 Å². The SMILES string of the molecule is Cc1ccc(S(=O)(=O)NCC(=O)OCc2c(C)cc(C(C)(C)C)cc2C)cc1. The van der Waals surface area contributed by atoms with Gasteiger partial charge in [0.25, 0.3) is 0 Å². The Morgan fingerprint density at radius 3 is 2.04 bits per heavy atom. The lowest BCUT2D eigenvalue weighted by atomic mass is 9.84. The molecule has 6 heteroatoms. The van der Waals surface area contributed by atoms with E-state index in [0.29, 0.717) is 0 Å². The zero-order valence-electron chi connectivity index (χ0n) is 17.4. The Morgan fingerprint density at radius 1 is 1.00 bits per heavy atom. The minimum absolute atomic E-state index is 0.0407. The molecule has 0 aliphatic heterocycles. The Kier molecular flexibility index (Phi) is 6.67. The Hall–Kier alpha value is -2.18. The molecule has 0 amide bonds. The molecule has 1 N–H and O–H groups in total. The number of sulfonamides is 1. The van der Waals surface area contributed by atoms with Crippen molar-refractivity contribution >= 4 is 16.0 Å². The second kappa shape index (κ2) is 8.45. The Labute approximate surface area is 168 Å². The fraction of sp³-hybridized carbons (Fsp3) is 0.409. The number of nitrogens with one attached hydrogen (secondary N) is 1. The highest BCUT2D eigenvalue weighted by atomic mass is 32.2. The molecule has 0 saturated heterocycles. The molecule has 0 aliphatic carbocycles. The van der Waals surface area contributed by atoms with Crippen LogP contribution in [0.15, 0.2) is 41.3 Å². The molecule has 0 unspecified atom stereocenters. The molecule has 2 rings (SSSR count). The smallest absolute Gasteiger partial charge is 0.321 e. The van der Waals surface area contributed by atoms with Crippen LogP contribution in [0.5, 0.6) is 0 Å². The van der Waals surface area contributed by atoms with E-state index in [1.165, 1.54) is 17.7 Å². The van der Waals surface area contributed by atoms with Crippen molar-refractivity contribution < 1.29 is 17.9 Å². The van der Waals surface area contributed by atoms with Crippen LogP contribution in [0.3, 0.4) is 0 Å². The van der Waals surface area contributed by atoms with Gasteiger partial charge in [0.1, 0.15) is 13.2 Å². The first-order valence-electron chi connectivity index (χ1n) is 9.23. The maximum Gasteiger partial charge on any atom is 0.321 e. The van der Waals surface area contributed by atoms with E-state index in [1.54, 1.807) is 12.1 Å². The third kappa shape index (κ3) is 5.66. The van der Waals surface area contributed by atoms with Crippen molar-refractivity contribution in [2.45, 2.75) is 58.5 Å². The van der Waals surface area contributed by atoms with Crippen molar-refractivity contribution in [3.63, 3.8) is 0 Å². The van der Waals surface area contributed by atoms with E-state index in [2.05, 4.69) is 37.6 Å². The van der Waals surface area contributed by atoms with Crippen molar-refractivity contribution in [3.8, 4) is 0 Å². The summed E-state index contributed by atoms with van der Waals surface area (Å²) in [6.45, 7) is 12.0. The van der Waals surface area contributed by atoms with E-state index >= 15 is 0 Å². The molecule has 28 heavy (non-hydrogen) atoms. The standard InChI is InChI=1S/C22H29NO4S/c1-15-7-9-19(10-8-15)28(25,26)23-13-21(24)27-14-20-16(2)11-18(12-17(20)3)22(4,5)6/h7-12,23H,13-14H2,1-6H3. The molecule has 0 radical (unpaired) electrons. The minimum Gasteiger partial charge on any atom is -0.460 e. The van der Waals surface area contributed by atoms with Crippen LogP contribution in [0, 0.1) is 20.8 Å². The monoisotopic (exact) mass is 403 g/mol. The minimum atomic E-state index is -3.74. The number of ether oxygens (including phenoxy) is 1. The lowest BCUT2D eigenvalue weighted by Gasteiger charge is -2.22. The highest BCUT2D eigenvalue weighted by Gasteiger charge is 2.18. The molecule has 0 aliphatic rings. The van der Waals surface area contributed by atoms with Crippen LogP contribution in [0.1, 0.15) is 48.6 Å². The summed E-state index contributed by atoms with van der Waals surface area (Å²) < 4.78 is 32.1. The molecule has 0 spiro atoms. The number of aryl methyl sites for hydroxylation is 3. The van der Waals surface area contributed by atoms with Crippen LogP contribution < -0.4 is 4.72 Å². The number of carbonyl (C=O) groups excluding carboxylic acids is 1. The third-order valence-electron chi connectivity index (χ3n) is 4.68. The molecular formula is C22H29NO4S. The van der Waals surface area contributed by atoms with E-state index in [0.717, 1.165) is 22.3 Å². The Morgan fingerprint density at radius 2 is 1.54 bits per heavy atom. The molecule has 0 atom stereocenters. The summed E-state index contributed by atoms with van der Waals surface area (Å²) in [5.41, 5.74) is 5.28. The molecule has 0 saturated carbocycles. The van der Waals surface area contributed by atoms with E-state index in [1.807, 2.05) is 20.8 Å². The molecule has 0 aromatic heterocycles. The van der Waals surface area contributed by atoms with Gasteiger partial charge in [0.2, 0.25) is 10.0 Å². The summed E-state index contributed by atoms with van der Waals surface area (Å²) >= 11 is 0. The van der Waals surface area contributed by atoms with Gasteiger partial charge >= 0.3 is 5.97 Å². The van der Waals surface area contributed by atoms with E-state index in [-0.39, 0.29) is 16.9 Å². The zero-order chi connectivity index (χ0) is 21.1. The number of hydrogen-bond acceptors (Lipinski definition) is 4. The van der Waals surface area contributed by atoms with Gasteiger partial charge in [-0.05, 0) is 60.6 Å². The first kappa shape index (κ1) is 22.1. The van der Waals surface area contributed by atoms with Gasteiger partial charge in [-0.1, -0.05) is 50.6 Å². The predicted octanol–water partition coefficient (Wildman–Crippen LogP) is 3.93. The Balaban J connectivity index is 1.98. The van der Waals surface area contributed by atoms with Crippen molar-refractivity contribution in [2.75, 3.05) is 6.54 Å². The summed E-state index contributed by atoms with van der Waals surface area (Å²) in [5, 5.41) is 0. The maximum atomic E-state index is 12.2. The fourth-order valence-corrected chi connectivity index (χ4v) is 3.78. The number of esters is 1. The summed E-state index contributed by atoms with van der Waals surface area (Å²) in [4.78, 5) is 12.2. The number of hydrogen-bond donors (Lipinski definition) is 1. The summed E-state index contributed by atoms with van der Waals surface area (Å²) in [7, 11) is -3.74. The van der Waals surface area contributed by atoms with Crippen molar-refractivity contribution in [2.24, 2.45) is 0 Å². The molecule has 2 aromatic carbocycles. The van der Waals surface area contributed by atoms with Gasteiger partial charge in [-0.3, -0.25) is 4.79 Å². The second-order valence-electron chi connectivity index (χ2n) is 8.14. The average molecular weight is 404 g/mol. The van der Waals surface area contributed by atoms with Gasteiger partial charge in [-0.2, -0.15) is 4.72 Å². The van der Waals surface area contributed by atoms with Crippen LogP contribution in [-0.2, 0) is 31.6 Å². The van der Waals surface area contributed by atoms with E-state index < -0.39 is 22.5 Å². The maximum absolute atomic E-state index is 12.2. The average Bonchev–Trinajstić information content (AvgIpc) is 2.59. The topological polar surface area (TPSA) is 72.5 Å². The van der Waals surface area contributed by atoms with Crippen LogP contribution in [0.2, 0.25) is 0 Å². The quantitative estimate of drug-likeness (QED) is 0.742. The molecule has 0 heterocycles. The van der Waals surface area contributed by atoms with Crippen LogP contribution in [0.4, 0.5) is 0 Å². The fourth-order valence-electron chi connectivity index (χ4n) is 2.81. The summed E-state index contributed by atoms with van der Waals surface area (Å²) in [6.07, 6.45) is 0. The van der Waals surface area contributed by atoms with Crippen LogP contribution >= 0.6 is 0 Å². The predicted molar refractivity (Wildman–Crippen MR) is 111 cm³/mol. The number of rotatable bonds is 6. The second-order valence-corrected chi connectivity index (χ2v) is 9.90. The molecule has 152 valence electrons. The van der Waals surface area contributed by atoms with Crippen LogP contribution in [0.25, 0.3) is 0 Å². The number of carbonyl (C=O) groups is 1. The normalized spacial score (nSPS) is 12.1. The van der Waals surface area contributed by atoms with E-state index in [4.69, 9.17) is 4.74 Å². The van der Waals surface area contributed by atoms with Gasteiger partial charge in [-0.25, -0.2) is 8.42 Å². The van der Waals surface area contributed by atoms with Gasteiger partial charge < -0.3 is 4.74 Å². The summed E-state index contributed by atoms with van der Waals surface area (Å²) in [6, 6.07) is 10.6. The van der Waals surface area contributed by atoms with Gasteiger partial charge in [-0.15, -0.1) is 0 Å². The molecule has 5 nitrogen and oxygen atoms in total. The highest BCUT2D eigenvalue weighted by molar-refractivity contribution is 7.89. The molecule has 2 aromatic rings. The lowest BCUT2D eigenvalue weighted by molar-refractivity contribution is -0.143. The molecule has 0 fully saturated rings. The largest absolute Gasteiger partial charge is 0.460 e. The third-order valence-corrected chi connectivity index (χ3v) is 6.09. The zero-order valence-corrected chi connectivity index (χ0v) is 18.2. The lowest BCUT2D eigenvalue weighted by Crippen LogP contribution is -2.30. The molecular weight excluding hydrogens is 374 g/mol. The van der Waals surface area contributed by atoms with Crippen LogP contribution in [-0.4, -0.2) is 20.9 Å². The van der Waals surface area contributed by atoms with Crippen molar-refractivity contribution in [1.82, 2.24) is 4.72 Å². The highest BCUT2D eigenvalue weighted by Crippen LogP contribution is 2.27. The summed E-state index contributed by atoms with van der Waals surface area (Å²) in [5.74, 6) is -0.616. The first-order chi connectivity index (χ1) is 12.9. The first-order valence-corrected chi connectivity index (χ1v) is 10.7. The number of benzene rings is 2. The van der Waals surface area contributed by atoms with E-state index in [9.17, 15) is 13.2 Å². The van der Waals surface area contributed by atoms with Gasteiger partial charge in [0.05, 0.1) is 4.90 Å². The van der Waals surface area contributed by atoms with Gasteiger partial charge in [0.15, 0.2) is 0 Å². The molecule has 0 bridgehead atoms. The van der Waals surface area contributed by atoms with Crippen molar-refractivity contribution in [1.29, 1.82) is 0 Å².